The van der Waals surface area contributed by atoms with Gasteiger partial charge < -0.3 is 5.11 Å². The van der Waals surface area contributed by atoms with Gasteiger partial charge in [-0.05, 0) is 28.8 Å². The van der Waals surface area contributed by atoms with Gasteiger partial charge in [-0.15, -0.1) is 0 Å². The maximum absolute atomic E-state index is 12.3. The van der Waals surface area contributed by atoms with E-state index >= 15 is 0 Å². The quantitative estimate of drug-likeness (QED) is 0.453. The highest BCUT2D eigenvalue weighted by atomic mass is 16.3. The van der Waals surface area contributed by atoms with Crippen LogP contribution in [0.4, 0.5) is 0 Å². The van der Waals surface area contributed by atoms with Gasteiger partial charge in [0, 0.05) is 18.6 Å². The van der Waals surface area contributed by atoms with Gasteiger partial charge in [-0.3, -0.25) is 0 Å². The first-order chi connectivity index (χ1) is 15.3. The van der Waals surface area contributed by atoms with Crippen molar-refractivity contribution in [3.05, 3.63) is 144 Å². The first-order valence-corrected chi connectivity index (χ1v) is 10.2. The van der Waals surface area contributed by atoms with E-state index in [0.717, 1.165) is 16.7 Å². The molecule has 31 heavy (non-hydrogen) atoms. The van der Waals surface area contributed by atoms with Crippen molar-refractivity contribution in [3.63, 3.8) is 0 Å². The third kappa shape index (κ3) is 3.35. The number of benzene rings is 3. The van der Waals surface area contributed by atoms with Crippen LogP contribution in [0.3, 0.4) is 0 Å². The van der Waals surface area contributed by atoms with E-state index in [9.17, 15) is 5.11 Å². The van der Waals surface area contributed by atoms with Crippen LogP contribution >= 0.6 is 0 Å². The van der Waals surface area contributed by atoms with Gasteiger partial charge in [0.1, 0.15) is 0 Å². The summed E-state index contributed by atoms with van der Waals surface area (Å²) in [7, 11) is 0. The summed E-state index contributed by atoms with van der Waals surface area (Å²) in [5.74, 6) is 0. The highest BCUT2D eigenvalue weighted by Gasteiger charge is 2.38. The predicted octanol–water partition coefficient (Wildman–Crippen LogP) is 4.46. The maximum atomic E-state index is 12.3. The summed E-state index contributed by atoms with van der Waals surface area (Å²) < 4.78 is 3.70. The Bertz CT molecular complexity index is 1190. The Labute approximate surface area is 180 Å². The van der Waals surface area contributed by atoms with Crippen molar-refractivity contribution in [3.8, 4) is 0 Å². The Morgan fingerprint density at radius 3 is 1.77 bits per heavy atom. The smallest absolute Gasteiger partial charge is 0.169 e. The molecule has 3 aromatic carbocycles. The molecule has 5 rings (SSSR count). The molecule has 0 amide bonds. The van der Waals surface area contributed by atoms with Crippen LogP contribution < -0.4 is 0 Å². The molecule has 0 aliphatic carbocycles. The summed E-state index contributed by atoms with van der Waals surface area (Å²) >= 11 is 0. The Morgan fingerprint density at radius 1 is 0.645 bits per heavy atom. The van der Waals surface area contributed by atoms with Crippen LogP contribution in [0.25, 0.3) is 0 Å². The number of hydrogen-bond acceptors (Lipinski definition) is 3. The summed E-state index contributed by atoms with van der Waals surface area (Å²) in [6.07, 6.45) is 5.04. The van der Waals surface area contributed by atoms with E-state index in [1.54, 1.807) is 12.4 Å². The molecule has 5 aromatic rings. The van der Waals surface area contributed by atoms with Crippen LogP contribution in [0.2, 0.25) is 0 Å². The average Bonchev–Trinajstić information content (AvgIpc) is 3.54. The number of aliphatic hydroxyl groups is 1. The molecule has 0 saturated heterocycles. The van der Waals surface area contributed by atoms with Gasteiger partial charge in [0.05, 0.1) is 5.69 Å². The van der Waals surface area contributed by atoms with E-state index in [-0.39, 0.29) is 6.17 Å². The SMILES string of the molecule is OC(c1ccccc1)(c1ccccc1)c1ccnn1C(c1ccccc1)n1cccn1. The highest BCUT2D eigenvalue weighted by Crippen LogP contribution is 2.38. The lowest BCUT2D eigenvalue weighted by Gasteiger charge is -2.32. The van der Waals surface area contributed by atoms with Crippen molar-refractivity contribution < 1.29 is 5.11 Å². The summed E-state index contributed by atoms with van der Waals surface area (Å²) in [4.78, 5) is 0. The third-order valence-electron chi connectivity index (χ3n) is 5.53. The number of nitrogens with zero attached hydrogens (tertiary/aromatic N) is 4. The van der Waals surface area contributed by atoms with Crippen molar-refractivity contribution in [2.75, 3.05) is 0 Å². The first-order valence-electron chi connectivity index (χ1n) is 10.2. The summed E-state index contributed by atoms with van der Waals surface area (Å²) in [5, 5.41) is 21.5. The van der Waals surface area contributed by atoms with Gasteiger partial charge in [0.2, 0.25) is 0 Å². The predicted molar refractivity (Wildman–Crippen MR) is 119 cm³/mol. The van der Waals surface area contributed by atoms with Crippen molar-refractivity contribution in [1.82, 2.24) is 19.6 Å². The van der Waals surface area contributed by atoms with E-state index in [2.05, 4.69) is 10.2 Å². The second-order valence-electron chi connectivity index (χ2n) is 7.37. The van der Waals surface area contributed by atoms with E-state index in [4.69, 9.17) is 0 Å². The molecule has 152 valence electrons. The molecule has 0 spiro atoms. The van der Waals surface area contributed by atoms with Crippen molar-refractivity contribution in [2.24, 2.45) is 0 Å². The number of aromatic nitrogens is 4. The topological polar surface area (TPSA) is 55.9 Å². The standard InChI is InChI=1S/C26H22N4O/c31-26(22-13-6-2-7-14-22,23-15-8-3-9-16-23)24-17-19-28-30(24)25(29-20-10-18-27-29)21-11-4-1-5-12-21/h1-20,25,31H. The molecule has 1 N–H and O–H groups in total. The molecule has 0 fully saturated rings. The summed E-state index contributed by atoms with van der Waals surface area (Å²) in [5.41, 5.74) is 1.83. The van der Waals surface area contributed by atoms with Gasteiger partial charge in [0.25, 0.3) is 0 Å². The molecule has 0 saturated carbocycles. The molecular formula is C26H22N4O. The van der Waals surface area contributed by atoms with Crippen LogP contribution in [-0.4, -0.2) is 24.7 Å². The van der Waals surface area contributed by atoms with Crippen LogP contribution in [0.1, 0.15) is 28.6 Å². The average molecular weight is 406 g/mol. The van der Waals surface area contributed by atoms with E-state index in [0.29, 0.717) is 5.69 Å². The van der Waals surface area contributed by atoms with Crippen molar-refractivity contribution in [2.45, 2.75) is 11.8 Å². The minimum Gasteiger partial charge on any atom is -0.374 e. The van der Waals surface area contributed by atoms with Crippen LogP contribution in [0.5, 0.6) is 0 Å². The molecule has 5 heteroatoms. The minimum absolute atomic E-state index is 0.347. The van der Waals surface area contributed by atoms with Gasteiger partial charge in [-0.1, -0.05) is 91.0 Å². The monoisotopic (exact) mass is 406 g/mol. The van der Waals surface area contributed by atoms with E-state index in [1.165, 1.54) is 0 Å². The fourth-order valence-electron chi connectivity index (χ4n) is 4.07. The fraction of sp³-hybridized carbons (Fsp3) is 0.0769. The maximum Gasteiger partial charge on any atom is 0.169 e. The van der Waals surface area contributed by atoms with Crippen LogP contribution in [-0.2, 0) is 5.60 Å². The normalized spacial score (nSPS) is 12.5. The van der Waals surface area contributed by atoms with E-state index in [1.807, 2.05) is 119 Å². The molecule has 5 nitrogen and oxygen atoms in total. The lowest BCUT2D eigenvalue weighted by Crippen LogP contribution is -2.35. The summed E-state index contributed by atoms with van der Waals surface area (Å²) in [6.45, 7) is 0. The molecule has 0 aliphatic rings. The van der Waals surface area contributed by atoms with Crippen LogP contribution in [0, 0.1) is 0 Å². The zero-order chi connectivity index (χ0) is 21.1. The zero-order valence-electron chi connectivity index (χ0n) is 16.9. The Kier molecular flexibility index (Phi) is 4.94. The van der Waals surface area contributed by atoms with Crippen molar-refractivity contribution in [1.29, 1.82) is 0 Å². The van der Waals surface area contributed by atoms with E-state index < -0.39 is 5.60 Å². The van der Waals surface area contributed by atoms with Crippen molar-refractivity contribution >= 4 is 0 Å². The zero-order valence-corrected chi connectivity index (χ0v) is 16.9. The Morgan fingerprint density at radius 2 is 1.23 bits per heavy atom. The first kappa shape index (κ1) is 19.0. The van der Waals surface area contributed by atoms with Gasteiger partial charge in [-0.2, -0.15) is 10.2 Å². The lowest BCUT2D eigenvalue weighted by atomic mass is 9.83. The highest BCUT2D eigenvalue weighted by molar-refractivity contribution is 5.44. The number of hydrogen-bond donors (Lipinski definition) is 1. The molecule has 0 radical (unpaired) electrons. The third-order valence-corrected chi connectivity index (χ3v) is 5.53. The van der Waals surface area contributed by atoms with Gasteiger partial charge >= 0.3 is 0 Å². The van der Waals surface area contributed by atoms with Crippen LogP contribution in [0.15, 0.2) is 122 Å². The molecule has 2 aromatic heterocycles. The minimum atomic E-state index is -1.39. The van der Waals surface area contributed by atoms with Gasteiger partial charge in [0.15, 0.2) is 11.8 Å². The summed E-state index contributed by atoms with van der Waals surface area (Å²) in [6, 6.07) is 33.2. The molecular weight excluding hydrogens is 384 g/mol. The largest absolute Gasteiger partial charge is 0.374 e. The van der Waals surface area contributed by atoms with Gasteiger partial charge in [-0.25, -0.2) is 9.36 Å². The lowest BCUT2D eigenvalue weighted by molar-refractivity contribution is 0.111. The Balaban J connectivity index is 1.75. The molecule has 2 heterocycles. The molecule has 0 aliphatic heterocycles. The number of rotatable bonds is 6. The Hall–Kier alpha value is -3.96. The fourth-order valence-corrected chi connectivity index (χ4v) is 4.07. The molecule has 1 atom stereocenters. The second-order valence-corrected chi connectivity index (χ2v) is 7.37. The second kappa shape index (κ2) is 8.05. The molecule has 1 unspecified atom stereocenters. The molecule has 0 bridgehead atoms.